The molecule has 2 aliphatic rings. The number of hydrogen-bond acceptors (Lipinski definition) is 5. The van der Waals surface area contributed by atoms with E-state index < -0.39 is 0 Å². The molecule has 2 saturated heterocycles. The van der Waals surface area contributed by atoms with Gasteiger partial charge in [0.1, 0.15) is 18.1 Å². The molecule has 130 valence electrons. The molecule has 2 heterocycles. The van der Waals surface area contributed by atoms with Crippen molar-refractivity contribution in [3.05, 3.63) is 23.8 Å². The van der Waals surface area contributed by atoms with Gasteiger partial charge in [0.2, 0.25) is 0 Å². The third kappa shape index (κ3) is 3.25. The first-order valence-electron chi connectivity index (χ1n) is 8.08. The van der Waals surface area contributed by atoms with Gasteiger partial charge in [0.15, 0.2) is 0 Å². The molecule has 7 nitrogen and oxygen atoms in total. The normalized spacial score (nSPS) is 18.5. The van der Waals surface area contributed by atoms with Crippen molar-refractivity contribution >= 4 is 12.0 Å². The fourth-order valence-electron chi connectivity index (χ4n) is 3.23. The Bertz CT molecular complexity index is 603. The standard InChI is InChI=1S/C17H22N2O5/c1-22-14-9-12(10-15(11-14)23-2)16(20)18-5-3-13(4-6-18)19-7-8-24-17(19)21/h9-11,13H,3-8H2,1-2H3. The molecule has 1 aromatic carbocycles. The van der Waals surface area contributed by atoms with Gasteiger partial charge in [-0.15, -0.1) is 0 Å². The minimum absolute atomic E-state index is 0.0466. The van der Waals surface area contributed by atoms with Gasteiger partial charge in [0.05, 0.1) is 20.8 Å². The number of hydrogen-bond donors (Lipinski definition) is 0. The number of amides is 2. The molecular weight excluding hydrogens is 312 g/mol. The van der Waals surface area contributed by atoms with Crippen molar-refractivity contribution < 1.29 is 23.8 Å². The van der Waals surface area contributed by atoms with Gasteiger partial charge in [-0.05, 0) is 25.0 Å². The van der Waals surface area contributed by atoms with Crippen molar-refractivity contribution in [2.75, 3.05) is 40.5 Å². The summed E-state index contributed by atoms with van der Waals surface area (Å²) in [5.74, 6) is 1.13. The molecule has 0 saturated carbocycles. The summed E-state index contributed by atoms with van der Waals surface area (Å²) in [5.41, 5.74) is 0.547. The number of ether oxygens (including phenoxy) is 3. The Hall–Kier alpha value is -2.44. The lowest BCUT2D eigenvalue weighted by molar-refractivity contribution is 0.0658. The first kappa shape index (κ1) is 16.4. The topological polar surface area (TPSA) is 68.3 Å². The quantitative estimate of drug-likeness (QED) is 0.839. The average molecular weight is 334 g/mol. The summed E-state index contributed by atoms with van der Waals surface area (Å²) in [6.45, 7) is 2.34. The van der Waals surface area contributed by atoms with E-state index in [4.69, 9.17) is 14.2 Å². The second-order valence-electron chi connectivity index (χ2n) is 5.93. The van der Waals surface area contributed by atoms with Crippen LogP contribution in [0, 0.1) is 0 Å². The van der Waals surface area contributed by atoms with E-state index in [0.29, 0.717) is 43.3 Å². The van der Waals surface area contributed by atoms with Gasteiger partial charge in [0, 0.05) is 30.8 Å². The highest BCUT2D eigenvalue weighted by molar-refractivity contribution is 5.95. The lowest BCUT2D eigenvalue weighted by atomic mass is 10.0. The molecule has 2 amide bonds. The predicted molar refractivity (Wildman–Crippen MR) is 86.5 cm³/mol. The molecule has 7 heteroatoms. The number of carbonyl (C=O) groups excluding carboxylic acids is 2. The van der Waals surface area contributed by atoms with Crippen molar-refractivity contribution in [1.82, 2.24) is 9.80 Å². The zero-order valence-corrected chi connectivity index (χ0v) is 14.0. The first-order valence-corrected chi connectivity index (χ1v) is 8.08. The summed E-state index contributed by atoms with van der Waals surface area (Å²) >= 11 is 0. The van der Waals surface area contributed by atoms with Gasteiger partial charge in [0.25, 0.3) is 5.91 Å². The van der Waals surface area contributed by atoms with Crippen LogP contribution in [0.25, 0.3) is 0 Å². The van der Waals surface area contributed by atoms with E-state index in [1.54, 1.807) is 37.3 Å². The van der Waals surface area contributed by atoms with Crippen molar-refractivity contribution in [2.24, 2.45) is 0 Å². The van der Waals surface area contributed by atoms with Crippen molar-refractivity contribution in [3.8, 4) is 11.5 Å². The van der Waals surface area contributed by atoms with E-state index in [-0.39, 0.29) is 18.0 Å². The Labute approximate surface area is 141 Å². The highest BCUT2D eigenvalue weighted by Gasteiger charge is 2.33. The third-order valence-electron chi connectivity index (χ3n) is 4.58. The molecule has 0 spiro atoms. The van der Waals surface area contributed by atoms with Crippen LogP contribution in [0.15, 0.2) is 18.2 Å². The second kappa shape index (κ2) is 6.98. The highest BCUT2D eigenvalue weighted by Crippen LogP contribution is 2.25. The van der Waals surface area contributed by atoms with Crippen LogP contribution >= 0.6 is 0 Å². The fourth-order valence-corrected chi connectivity index (χ4v) is 3.23. The van der Waals surface area contributed by atoms with Crippen LogP contribution in [-0.2, 0) is 4.74 Å². The van der Waals surface area contributed by atoms with Crippen LogP contribution in [0.5, 0.6) is 11.5 Å². The fraction of sp³-hybridized carbons (Fsp3) is 0.529. The van der Waals surface area contributed by atoms with Crippen LogP contribution in [0.2, 0.25) is 0 Å². The summed E-state index contributed by atoms with van der Waals surface area (Å²) in [6, 6.07) is 5.33. The smallest absolute Gasteiger partial charge is 0.410 e. The lowest BCUT2D eigenvalue weighted by Crippen LogP contribution is -2.47. The molecule has 3 rings (SSSR count). The molecule has 0 radical (unpaired) electrons. The summed E-state index contributed by atoms with van der Waals surface area (Å²) in [5, 5.41) is 0. The number of piperidine rings is 1. The van der Waals surface area contributed by atoms with Crippen LogP contribution < -0.4 is 9.47 Å². The third-order valence-corrected chi connectivity index (χ3v) is 4.58. The Morgan fingerprint density at radius 2 is 1.71 bits per heavy atom. The number of rotatable bonds is 4. The van der Waals surface area contributed by atoms with Crippen LogP contribution in [0.1, 0.15) is 23.2 Å². The van der Waals surface area contributed by atoms with Crippen molar-refractivity contribution in [2.45, 2.75) is 18.9 Å². The van der Waals surface area contributed by atoms with Crippen LogP contribution in [0.3, 0.4) is 0 Å². The molecule has 0 N–H and O–H groups in total. The van der Waals surface area contributed by atoms with Gasteiger partial charge in [-0.25, -0.2) is 4.79 Å². The number of nitrogens with zero attached hydrogens (tertiary/aromatic N) is 2. The van der Waals surface area contributed by atoms with Gasteiger partial charge < -0.3 is 24.0 Å². The number of carbonyl (C=O) groups is 2. The molecule has 24 heavy (non-hydrogen) atoms. The maximum atomic E-state index is 12.7. The molecular formula is C17H22N2O5. The Balaban J connectivity index is 1.66. The van der Waals surface area contributed by atoms with E-state index in [2.05, 4.69) is 0 Å². The molecule has 0 unspecified atom stereocenters. The minimum atomic E-state index is -0.239. The SMILES string of the molecule is COc1cc(OC)cc(C(=O)N2CCC(N3CCOC3=O)CC2)c1. The maximum Gasteiger partial charge on any atom is 0.410 e. The monoisotopic (exact) mass is 334 g/mol. The number of methoxy groups -OCH3 is 2. The van der Waals surface area contributed by atoms with Gasteiger partial charge in [-0.1, -0.05) is 0 Å². The Kier molecular flexibility index (Phi) is 4.78. The van der Waals surface area contributed by atoms with E-state index in [1.807, 2.05) is 4.90 Å². The maximum absolute atomic E-state index is 12.7. The van der Waals surface area contributed by atoms with E-state index in [1.165, 1.54) is 0 Å². The Morgan fingerprint density at radius 1 is 1.08 bits per heavy atom. The molecule has 2 aliphatic heterocycles. The first-order chi connectivity index (χ1) is 11.6. The molecule has 0 aliphatic carbocycles. The van der Waals surface area contributed by atoms with Gasteiger partial charge in [-0.2, -0.15) is 0 Å². The second-order valence-corrected chi connectivity index (χ2v) is 5.93. The minimum Gasteiger partial charge on any atom is -0.497 e. The highest BCUT2D eigenvalue weighted by atomic mass is 16.6. The summed E-state index contributed by atoms with van der Waals surface area (Å²) in [4.78, 5) is 28.0. The largest absolute Gasteiger partial charge is 0.497 e. The molecule has 0 bridgehead atoms. The molecule has 2 fully saturated rings. The zero-order valence-electron chi connectivity index (χ0n) is 14.0. The average Bonchev–Trinajstić information content (AvgIpc) is 3.06. The van der Waals surface area contributed by atoms with E-state index in [9.17, 15) is 9.59 Å². The summed E-state index contributed by atoms with van der Waals surface area (Å²) < 4.78 is 15.4. The van der Waals surface area contributed by atoms with E-state index >= 15 is 0 Å². The van der Waals surface area contributed by atoms with Gasteiger partial charge in [-0.3, -0.25) is 4.79 Å². The summed E-state index contributed by atoms with van der Waals surface area (Å²) in [7, 11) is 3.12. The van der Waals surface area contributed by atoms with Gasteiger partial charge >= 0.3 is 6.09 Å². The zero-order chi connectivity index (χ0) is 17.1. The number of likely N-dealkylation sites (tertiary alicyclic amines) is 1. The molecule has 1 aromatic rings. The lowest BCUT2D eigenvalue weighted by Gasteiger charge is -2.35. The number of cyclic esters (lactones) is 1. The van der Waals surface area contributed by atoms with E-state index in [0.717, 1.165) is 12.8 Å². The van der Waals surface area contributed by atoms with Crippen LogP contribution in [-0.4, -0.2) is 68.3 Å². The number of benzene rings is 1. The van der Waals surface area contributed by atoms with Crippen molar-refractivity contribution in [3.63, 3.8) is 0 Å². The Morgan fingerprint density at radius 3 is 2.21 bits per heavy atom. The predicted octanol–water partition coefficient (Wildman–Crippen LogP) is 1.76. The van der Waals surface area contributed by atoms with Crippen LogP contribution in [0.4, 0.5) is 4.79 Å². The van der Waals surface area contributed by atoms with Crippen molar-refractivity contribution in [1.29, 1.82) is 0 Å². The summed E-state index contributed by atoms with van der Waals surface area (Å²) in [6.07, 6.45) is 1.29. The molecule has 0 atom stereocenters. The molecule has 0 aromatic heterocycles.